The van der Waals surface area contributed by atoms with Crippen molar-refractivity contribution in [1.29, 1.82) is 10.5 Å². The van der Waals surface area contributed by atoms with Gasteiger partial charge in [0.15, 0.2) is 0 Å². The fourth-order valence-corrected chi connectivity index (χ4v) is 6.11. The Morgan fingerprint density at radius 2 is 1.32 bits per heavy atom. The molecule has 1 unspecified atom stereocenters. The molecule has 0 saturated carbocycles. The summed E-state index contributed by atoms with van der Waals surface area (Å²) in [4.78, 5) is 72.6. The lowest BCUT2D eigenvalue weighted by molar-refractivity contribution is -0.00261. The first kappa shape index (κ1) is 48.2. The number of pyridine rings is 2. The van der Waals surface area contributed by atoms with E-state index in [9.17, 15) is 38.7 Å². The molecule has 0 aliphatic heterocycles. The van der Waals surface area contributed by atoms with Crippen LogP contribution in [0.25, 0.3) is 0 Å². The number of phosphoric acid groups is 1. The molecule has 3 atom stereocenters. The first-order valence-corrected chi connectivity index (χ1v) is 20.4. The number of anilines is 6. The van der Waals surface area contributed by atoms with Crippen LogP contribution in [0.2, 0.25) is 0 Å². The van der Waals surface area contributed by atoms with Gasteiger partial charge in [-0.25, -0.2) is 43.2 Å². The monoisotopic (exact) mass is 880 g/mol. The maximum Gasteiger partial charge on any atom is 0.470 e. The van der Waals surface area contributed by atoms with Gasteiger partial charge in [0.25, 0.3) is 11.8 Å². The van der Waals surface area contributed by atoms with Gasteiger partial charge in [0, 0.05) is 43.2 Å². The predicted octanol–water partition coefficient (Wildman–Crippen LogP) is 3.80. The molecule has 4 rings (SSSR count). The van der Waals surface area contributed by atoms with E-state index >= 15 is 4.39 Å². The highest BCUT2D eigenvalue weighted by Crippen LogP contribution is 2.43. The molecule has 0 aromatic carbocycles. The van der Waals surface area contributed by atoms with Gasteiger partial charge < -0.3 is 41.5 Å². The largest absolute Gasteiger partial charge is 0.470 e. The van der Waals surface area contributed by atoms with Crippen LogP contribution in [-0.2, 0) is 9.09 Å². The second-order valence-electron chi connectivity index (χ2n) is 15.3. The minimum atomic E-state index is -5.08. The highest BCUT2D eigenvalue weighted by molar-refractivity contribution is 7.46. The molecule has 0 radical (unpaired) electrons. The molecule has 0 bridgehead atoms. The van der Waals surface area contributed by atoms with E-state index in [4.69, 9.17) is 5.26 Å². The standard InChI is InChI=1S/C38H47F2N14O7P/c1-21(2)51-28-9-32(44-17-26(28)34(56)45-18-29(39)37(4,5)57)54(36-49-14-24(11-42)15-50-36)20-22(3)52-27-8-31(53-35-47-12-23(10-41)13-48-35)43-16-25(27)33(55)46-19-30(40)38(6,7)61-62(58,59)60/h8-9,12-17,21-22,29-30,57H,18-20H2,1-7H3,(H,44,51)(H,45,56)(H,46,55)(H2,58,59,60)(H2,43,47,48,52,53)/t22?,29-,30-/m1/s1. The lowest BCUT2D eigenvalue weighted by atomic mass is 10.0. The second-order valence-corrected chi connectivity index (χ2v) is 16.4. The second kappa shape index (κ2) is 20.4. The first-order chi connectivity index (χ1) is 29.0. The minimum absolute atomic E-state index is 0.00596. The van der Waals surface area contributed by atoms with Crippen molar-refractivity contribution in [3.63, 3.8) is 0 Å². The number of aromatic nitrogens is 6. The van der Waals surface area contributed by atoms with E-state index in [1.165, 1.54) is 57.1 Å². The number of rotatable bonds is 20. The highest BCUT2D eigenvalue weighted by Gasteiger charge is 2.37. The van der Waals surface area contributed by atoms with Crippen LogP contribution in [0.15, 0.2) is 49.3 Å². The Bertz CT molecular complexity index is 2330. The van der Waals surface area contributed by atoms with E-state index in [1.807, 2.05) is 26.0 Å². The smallest absolute Gasteiger partial charge is 0.387 e. The van der Waals surface area contributed by atoms with Gasteiger partial charge in [-0.15, -0.1) is 0 Å². The molecular weight excluding hydrogens is 833 g/mol. The van der Waals surface area contributed by atoms with E-state index in [0.29, 0.717) is 5.69 Å². The zero-order valence-electron chi connectivity index (χ0n) is 34.8. The topological polar surface area (TPSA) is 309 Å². The van der Waals surface area contributed by atoms with Crippen molar-refractivity contribution in [1.82, 2.24) is 40.5 Å². The van der Waals surface area contributed by atoms with E-state index in [2.05, 4.69) is 61.0 Å². The summed E-state index contributed by atoms with van der Waals surface area (Å²) in [7, 11) is -5.08. The Balaban J connectivity index is 1.70. The Hall–Kier alpha value is -6.49. The van der Waals surface area contributed by atoms with Crippen molar-refractivity contribution >= 4 is 54.5 Å². The average Bonchev–Trinajstić information content (AvgIpc) is 3.19. The van der Waals surface area contributed by atoms with Gasteiger partial charge in [0.05, 0.1) is 77.1 Å². The Labute approximate surface area is 355 Å². The van der Waals surface area contributed by atoms with Crippen molar-refractivity contribution in [3.8, 4) is 12.1 Å². The molecule has 0 aliphatic carbocycles. The lowest BCUT2D eigenvalue weighted by Gasteiger charge is -2.29. The summed E-state index contributed by atoms with van der Waals surface area (Å²) in [6.07, 6.45) is 3.82. The van der Waals surface area contributed by atoms with Crippen LogP contribution < -0.4 is 31.5 Å². The Kier molecular flexibility index (Phi) is 15.8. The van der Waals surface area contributed by atoms with Gasteiger partial charge in [0.1, 0.15) is 41.7 Å². The lowest BCUT2D eigenvalue weighted by Crippen LogP contribution is -2.43. The Morgan fingerprint density at radius 1 is 0.806 bits per heavy atom. The normalized spacial score (nSPS) is 13.2. The maximum atomic E-state index is 15.2. The number of nitrogens with one attached hydrogen (secondary N) is 5. The van der Waals surface area contributed by atoms with E-state index in [1.54, 1.807) is 17.9 Å². The summed E-state index contributed by atoms with van der Waals surface area (Å²) in [5.41, 5.74) is -2.84. The van der Waals surface area contributed by atoms with Crippen LogP contribution in [0.5, 0.6) is 0 Å². The third-order valence-corrected chi connectivity index (χ3v) is 9.36. The van der Waals surface area contributed by atoms with Gasteiger partial charge in [-0.2, -0.15) is 10.5 Å². The first-order valence-electron chi connectivity index (χ1n) is 18.8. The predicted molar refractivity (Wildman–Crippen MR) is 222 cm³/mol. The average molecular weight is 881 g/mol. The number of phosphoric ester groups is 1. The fraction of sp³-hybridized carbons (Fsp3) is 0.421. The summed E-state index contributed by atoms with van der Waals surface area (Å²) in [6, 6.07) is 6.05. The zero-order valence-corrected chi connectivity index (χ0v) is 35.6. The third kappa shape index (κ3) is 13.8. The van der Waals surface area contributed by atoms with Crippen molar-refractivity contribution in [2.24, 2.45) is 0 Å². The van der Waals surface area contributed by atoms with Gasteiger partial charge in [0.2, 0.25) is 11.9 Å². The van der Waals surface area contributed by atoms with Crippen molar-refractivity contribution in [3.05, 3.63) is 71.6 Å². The highest BCUT2D eigenvalue weighted by atomic mass is 31.2. The fourth-order valence-electron chi connectivity index (χ4n) is 5.39. The number of hydrogen-bond donors (Lipinski definition) is 8. The molecule has 0 fully saturated rings. The van der Waals surface area contributed by atoms with Crippen molar-refractivity contribution < 1.29 is 42.4 Å². The number of aliphatic hydroxyl groups is 1. The molecular formula is C38H47F2N14O7P. The number of carbonyl (C=O) groups is 2. The molecule has 62 heavy (non-hydrogen) atoms. The third-order valence-electron chi connectivity index (χ3n) is 8.65. The molecule has 0 spiro atoms. The SMILES string of the molecule is CC(C)Nc1cc(N(CC(C)Nc2cc(Nc3ncc(C#N)cn3)ncc2C(=O)NC[C@@H](F)C(C)(C)OP(=O)(O)O)c2ncc(C#N)cn2)ncc1C(=O)NC[C@@H](F)C(C)(C)O. The Morgan fingerprint density at radius 3 is 1.84 bits per heavy atom. The number of amides is 2. The van der Waals surface area contributed by atoms with E-state index in [0.717, 1.165) is 13.8 Å². The van der Waals surface area contributed by atoms with Crippen LogP contribution in [-0.4, -0.2) is 112 Å². The molecule has 0 aliphatic rings. The maximum absolute atomic E-state index is 15.2. The molecule has 0 saturated heterocycles. The number of hydrogen-bond acceptors (Lipinski definition) is 17. The van der Waals surface area contributed by atoms with Crippen LogP contribution in [0.1, 0.15) is 80.3 Å². The zero-order chi connectivity index (χ0) is 46.0. The molecule has 24 heteroatoms. The van der Waals surface area contributed by atoms with Crippen molar-refractivity contribution in [2.45, 2.75) is 84.1 Å². The summed E-state index contributed by atoms with van der Waals surface area (Å²) >= 11 is 0. The van der Waals surface area contributed by atoms with Crippen LogP contribution in [0, 0.1) is 22.7 Å². The summed E-state index contributed by atoms with van der Waals surface area (Å²) in [5, 5.41) is 42.8. The molecule has 4 heterocycles. The van der Waals surface area contributed by atoms with E-state index < -0.39 is 62.3 Å². The van der Waals surface area contributed by atoms with Gasteiger partial charge in [-0.05, 0) is 48.5 Å². The molecule has 21 nitrogen and oxygen atoms in total. The quantitative estimate of drug-likeness (QED) is 0.0585. The summed E-state index contributed by atoms with van der Waals surface area (Å²) < 4.78 is 45.7. The van der Waals surface area contributed by atoms with Crippen LogP contribution in [0.4, 0.5) is 43.7 Å². The molecule has 330 valence electrons. The minimum Gasteiger partial charge on any atom is -0.387 e. The number of nitriles is 2. The van der Waals surface area contributed by atoms with Crippen LogP contribution >= 0.6 is 7.82 Å². The number of carbonyl (C=O) groups excluding carboxylic acids is 2. The van der Waals surface area contributed by atoms with Crippen molar-refractivity contribution in [2.75, 3.05) is 40.5 Å². The summed E-state index contributed by atoms with van der Waals surface area (Å²) in [5.74, 6) is -0.951. The molecule has 8 N–H and O–H groups in total. The summed E-state index contributed by atoms with van der Waals surface area (Å²) in [6.45, 7) is 9.05. The number of nitrogens with zero attached hydrogens (tertiary/aromatic N) is 9. The van der Waals surface area contributed by atoms with Gasteiger partial charge >= 0.3 is 7.82 Å². The number of alkyl halides is 2. The molecule has 4 aromatic rings. The molecule has 2 amide bonds. The number of halogens is 2. The van der Waals surface area contributed by atoms with Crippen LogP contribution in [0.3, 0.4) is 0 Å². The molecule has 4 aromatic heterocycles. The van der Waals surface area contributed by atoms with Gasteiger partial charge in [-0.1, -0.05) is 0 Å². The van der Waals surface area contributed by atoms with Gasteiger partial charge in [-0.3, -0.25) is 19.0 Å². The van der Waals surface area contributed by atoms with E-state index in [-0.39, 0.29) is 64.1 Å².